The van der Waals surface area contributed by atoms with Crippen molar-refractivity contribution < 1.29 is 4.79 Å². The summed E-state index contributed by atoms with van der Waals surface area (Å²) in [5.74, 6) is -0.0306. The Morgan fingerprint density at radius 1 is 1.10 bits per heavy atom. The lowest BCUT2D eigenvalue weighted by atomic mass is 10.1. The van der Waals surface area contributed by atoms with E-state index in [9.17, 15) is 4.79 Å². The molecule has 21 heavy (non-hydrogen) atoms. The number of carbonyl (C=O) groups excluding carboxylic acids is 1. The fourth-order valence-electron chi connectivity index (χ4n) is 2.10. The zero-order chi connectivity index (χ0) is 15.2. The Kier molecular flexibility index (Phi) is 5.18. The Morgan fingerprint density at radius 3 is 2.33 bits per heavy atom. The van der Waals surface area contributed by atoms with E-state index in [2.05, 4.69) is 24.4 Å². The predicted octanol–water partition coefficient (Wildman–Crippen LogP) is 4.78. The molecule has 0 saturated carbocycles. The molecule has 0 heterocycles. The van der Waals surface area contributed by atoms with Crippen molar-refractivity contribution in [1.29, 1.82) is 0 Å². The zero-order valence-corrected chi connectivity index (χ0v) is 12.9. The molecule has 2 rings (SSSR count). The number of halogens is 1. The highest BCUT2D eigenvalue weighted by Gasteiger charge is 2.06. The molecule has 0 radical (unpaired) electrons. The monoisotopic (exact) mass is 299 g/mol. The van der Waals surface area contributed by atoms with Gasteiger partial charge in [-0.05, 0) is 43.7 Å². The molecule has 1 atom stereocenters. The fraction of sp³-hybridized carbons (Fsp3) is 0.167. The first-order valence-electron chi connectivity index (χ1n) is 6.86. The van der Waals surface area contributed by atoms with Gasteiger partial charge in [-0.25, -0.2) is 0 Å². The molecule has 3 heteroatoms. The number of nitrogens with one attached hydrogen (secondary N) is 1. The summed E-state index contributed by atoms with van der Waals surface area (Å²) in [7, 11) is 0. The van der Waals surface area contributed by atoms with Crippen LogP contribution in [0.2, 0.25) is 5.02 Å². The van der Waals surface area contributed by atoms with Crippen molar-refractivity contribution in [3.05, 3.63) is 82.5 Å². The lowest BCUT2D eigenvalue weighted by Crippen LogP contribution is -2.17. The average molecular weight is 300 g/mol. The third-order valence-corrected chi connectivity index (χ3v) is 3.47. The summed E-state index contributed by atoms with van der Waals surface area (Å²) in [6, 6.07) is 17.2. The molecule has 1 N–H and O–H groups in total. The van der Waals surface area contributed by atoms with Crippen molar-refractivity contribution in [2.24, 2.45) is 0 Å². The topological polar surface area (TPSA) is 29.1 Å². The molecule has 1 unspecified atom stereocenters. The minimum absolute atomic E-state index is 0.0306. The average Bonchev–Trinajstić information content (AvgIpc) is 2.48. The Balaban J connectivity index is 2.04. The van der Waals surface area contributed by atoms with Gasteiger partial charge in [0.25, 0.3) is 0 Å². The zero-order valence-electron chi connectivity index (χ0n) is 12.1. The normalized spacial score (nSPS) is 12.8. The van der Waals surface area contributed by atoms with Crippen LogP contribution in [-0.2, 0) is 0 Å². The Labute approximate surface area is 130 Å². The Bertz CT molecular complexity index is 632. The summed E-state index contributed by atoms with van der Waals surface area (Å²) in [6.07, 6.45) is 1.61. The van der Waals surface area contributed by atoms with Crippen molar-refractivity contribution in [3.63, 3.8) is 0 Å². The van der Waals surface area contributed by atoms with E-state index in [1.54, 1.807) is 30.3 Å². The number of allylic oxidation sites excluding steroid dienone is 2. The molecule has 0 aliphatic carbocycles. The second-order valence-corrected chi connectivity index (χ2v) is 5.41. The molecular formula is C18H18ClNO. The number of ketones is 1. The van der Waals surface area contributed by atoms with Crippen molar-refractivity contribution in [2.75, 3.05) is 0 Å². The lowest BCUT2D eigenvalue weighted by molar-refractivity contribution is 0.104. The van der Waals surface area contributed by atoms with Crippen LogP contribution < -0.4 is 5.32 Å². The summed E-state index contributed by atoms with van der Waals surface area (Å²) in [6.45, 7) is 3.96. The van der Waals surface area contributed by atoms with E-state index in [4.69, 9.17) is 11.6 Å². The van der Waals surface area contributed by atoms with Gasteiger partial charge in [-0.15, -0.1) is 0 Å². The van der Waals surface area contributed by atoms with Gasteiger partial charge < -0.3 is 5.32 Å². The third-order valence-electron chi connectivity index (χ3n) is 3.22. The first-order chi connectivity index (χ1) is 10.1. The van der Waals surface area contributed by atoms with Crippen molar-refractivity contribution in [3.8, 4) is 0 Å². The van der Waals surface area contributed by atoms with Crippen LogP contribution >= 0.6 is 11.6 Å². The van der Waals surface area contributed by atoms with Gasteiger partial charge >= 0.3 is 0 Å². The van der Waals surface area contributed by atoms with Crippen LogP contribution in [0, 0.1) is 0 Å². The van der Waals surface area contributed by atoms with Crippen LogP contribution in [0.5, 0.6) is 0 Å². The molecule has 0 aromatic heterocycles. The molecule has 108 valence electrons. The molecule has 0 saturated heterocycles. The van der Waals surface area contributed by atoms with Gasteiger partial charge in [0.15, 0.2) is 5.78 Å². The molecule has 0 bridgehead atoms. The van der Waals surface area contributed by atoms with E-state index in [1.807, 2.05) is 25.1 Å². The lowest BCUT2D eigenvalue weighted by Gasteiger charge is -2.15. The second kappa shape index (κ2) is 7.09. The maximum absolute atomic E-state index is 12.1. The fourth-order valence-corrected chi connectivity index (χ4v) is 2.23. The minimum atomic E-state index is -0.0306. The SMILES string of the molecule is C/C(=C\C(=O)c1ccc(Cl)cc1)NC(C)c1ccccc1. The van der Waals surface area contributed by atoms with Gasteiger partial charge in [-0.1, -0.05) is 41.9 Å². The molecule has 0 aliphatic rings. The van der Waals surface area contributed by atoms with Gasteiger partial charge in [0.2, 0.25) is 0 Å². The van der Waals surface area contributed by atoms with Crippen LogP contribution in [0.4, 0.5) is 0 Å². The third kappa shape index (κ3) is 4.47. The standard InChI is InChI=1S/C18H18ClNO/c1-13(20-14(2)15-6-4-3-5-7-15)12-18(21)16-8-10-17(19)11-9-16/h3-12,14,20H,1-2H3/b13-12+. The number of hydrogen-bond donors (Lipinski definition) is 1. The van der Waals surface area contributed by atoms with Gasteiger partial charge in [0.05, 0.1) is 0 Å². The van der Waals surface area contributed by atoms with Crippen LogP contribution in [0.3, 0.4) is 0 Å². The highest BCUT2D eigenvalue weighted by atomic mass is 35.5. The molecule has 2 aromatic rings. The molecule has 2 nitrogen and oxygen atoms in total. The highest BCUT2D eigenvalue weighted by molar-refractivity contribution is 6.30. The number of benzene rings is 2. The number of carbonyl (C=O) groups is 1. The van der Waals surface area contributed by atoms with E-state index >= 15 is 0 Å². The summed E-state index contributed by atoms with van der Waals surface area (Å²) in [4.78, 5) is 12.1. The smallest absolute Gasteiger partial charge is 0.187 e. The summed E-state index contributed by atoms with van der Waals surface area (Å²) >= 11 is 5.82. The molecule has 0 fully saturated rings. The van der Waals surface area contributed by atoms with Crippen molar-refractivity contribution >= 4 is 17.4 Å². The maximum atomic E-state index is 12.1. The van der Waals surface area contributed by atoms with Crippen LogP contribution in [0.25, 0.3) is 0 Å². The summed E-state index contributed by atoms with van der Waals surface area (Å²) < 4.78 is 0. The van der Waals surface area contributed by atoms with E-state index in [-0.39, 0.29) is 11.8 Å². The van der Waals surface area contributed by atoms with Gasteiger partial charge in [-0.3, -0.25) is 4.79 Å². The van der Waals surface area contributed by atoms with Crippen LogP contribution in [-0.4, -0.2) is 5.78 Å². The van der Waals surface area contributed by atoms with Crippen molar-refractivity contribution in [2.45, 2.75) is 19.9 Å². The first-order valence-corrected chi connectivity index (χ1v) is 7.24. The molecule has 2 aromatic carbocycles. The quantitative estimate of drug-likeness (QED) is 0.636. The van der Waals surface area contributed by atoms with Crippen LogP contribution in [0.1, 0.15) is 35.8 Å². The Morgan fingerprint density at radius 2 is 1.71 bits per heavy atom. The number of hydrogen-bond acceptors (Lipinski definition) is 2. The molecule has 0 aliphatic heterocycles. The largest absolute Gasteiger partial charge is 0.382 e. The van der Waals surface area contributed by atoms with Gasteiger partial charge in [0.1, 0.15) is 0 Å². The van der Waals surface area contributed by atoms with Gasteiger partial charge in [-0.2, -0.15) is 0 Å². The van der Waals surface area contributed by atoms with Crippen molar-refractivity contribution in [1.82, 2.24) is 5.32 Å². The Hall–Kier alpha value is -2.06. The van der Waals surface area contributed by atoms with E-state index < -0.39 is 0 Å². The maximum Gasteiger partial charge on any atom is 0.187 e. The first kappa shape index (κ1) is 15.3. The van der Waals surface area contributed by atoms with Crippen LogP contribution in [0.15, 0.2) is 66.4 Å². The second-order valence-electron chi connectivity index (χ2n) is 4.98. The van der Waals surface area contributed by atoms with Gasteiger partial charge in [0, 0.05) is 28.4 Å². The number of rotatable bonds is 5. The van der Waals surface area contributed by atoms with E-state index in [0.717, 1.165) is 5.70 Å². The molecular weight excluding hydrogens is 282 g/mol. The summed E-state index contributed by atoms with van der Waals surface area (Å²) in [5.41, 5.74) is 2.66. The minimum Gasteiger partial charge on any atom is -0.382 e. The molecule has 0 spiro atoms. The summed E-state index contributed by atoms with van der Waals surface area (Å²) in [5, 5.41) is 3.95. The predicted molar refractivity (Wildman–Crippen MR) is 87.5 cm³/mol. The molecule has 0 amide bonds. The van der Waals surface area contributed by atoms with E-state index in [0.29, 0.717) is 10.6 Å². The highest BCUT2D eigenvalue weighted by Crippen LogP contribution is 2.14. The van der Waals surface area contributed by atoms with E-state index in [1.165, 1.54) is 5.56 Å².